The molecule has 0 saturated carbocycles. The molecule has 2 aromatic rings. The average Bonchev–Trinajstić information content (AvgIpc) is 2.74. The summed E-state index contributed by atoms with van der Waals surface area (Å²) < 4.78 is 12.1. The van der Waals surface area contributed by atoms with Gasteiger partial charge in [0, 0.05) is 36.3 Å². The summed E-state index contributed by atoms with van der Waals surface area (Å²) >= 11 is 2.44. The molecule has 1 aliphatic rings. The lowest BCUT2D eigenvalue weighted by molar-refractivity contribution is 0.132. The number of halogens is 1. The van der Waals surface area contributed by atoms with Crippen molar-refractivity contribution < 1.29 is 9.47 Å². The molecule has 1 heterocycles. The molecule has 0 amide bonds. The van der Waals surface area contributed by atoms with Gasteiger partial charge in [-0.05, 0) is 77.7 Å². The summed E-state index contributed by atoms with van der Waals surface area (Å²) in [4.78, 5) is 5.19. The summed E-state index contributed by atoms with van der Waals surface area (Å²) in [5.41, 5.74) is 2.79. The first-order valence-corrected chi connectivity index (χ1v) is 11.2. The van der Waals surface area contributed by atoms with E-state index in [1.165, 1.54) is 47.2 Å². The van der Waals surface area contributed by atoms with Gasteiger partial charge in [0.05, 0.1) is 14.2 Å². The predicted molar refractivity (Wildman–Crippen MR) is 124 cm³/mol. The fraction of sp³-hybridized carbons (Fsp3) is 0.478. The van der Waals surface area contributed by atoms with Gasteiger partial charge >= 0.3 is 0 Å². The topological polar surface area (TPSA) is 24.9 Å². The summed E-state index contributed by atoms with van der Waals surface area (Å²) in [5.74, 6) is 1.61. The number of nitrogens with zero attached hydrogens (tertiary/aromatic N) is 2. The van der Waals surface area contributed by atoms with Crippen molar-refractivity contribution in [3.05, 3.63) is 57.2 Å². The molecule has 0 spiro atoms. The van der Waals surface area contributed by atoms with Gasteiger partial charge in [-0.3, -0.25) is 0 Å². The molecule has 2 aromatic carbocycles. The van der Waals surface area contributed by atoms with Gasteiger partial charge in [-0.15, -0.1) is 0 Å². The largest absolute Gasteiger partial charge is 0.493 e. The first-order chi connectivity index (χ1) is 13.7. The lowest BCUT2D eigenvalue weighted by Crippen LogP contribution is -2.47. The van der Waals surface area contributed by atoms with Gasteiger partial charge in [0.1, 0.15) is 0 Å². The highest BCUT2D eigenvalue weighted by Gasteiger charge is 2.16. The third-order valence-electron chi connectivity index (χ3n) is 5.51. The Morgan fingerprint density at radius 2 is 1.50 bits per heavy atom. The van der Waals surface area contributed by atoms with E-state index in [4.69, 9.17) is 9.47 Å². The van der Waals surface area contributed by atoms with Crippen LogP contribution < -0.4 is 9.47 Å². The molecular weight excluding hydrogens is 461 g/mol. The highest BCUT2D eigenvalue weighted by molar-refractivity contribution is 14.1. The Morgan fingerprint density at radius 3 is 2.18 bits per heavy atom. The van der Waals surface area contributed by atoms with E-state index in [0.717, 1.165) is 37.6 Å². The van der Waals surface area contributed by atoms with E-state index in [1.807, 2.05) is 6.07 Å². The molecule has 1 saturated heterocycles. The van der Waals surface area contributed by atoms with Crippen LogP contribution in [0.25, 0.3) is 0 Å². The second-order valence-electron chi connectivity index (χ2n) is 7.32. The molecule has 0 unspecified atom stereocenters. The summed E-state index contributed by atoms with van der Waals surface area (Å²) in [6.45, 7) is 6.99. The number of ether oxygens (including phenoxy) is 2. The summed E-state index contributed by atoms with van der Waals surface area (Å²) in [7, 11) is 3.37. The number of benzene rings is 2. The lowest BCUT2D eigenvalue weighted by atomic mass is 10.1. The minimum Gasteiger partial charge on any atom is -0.493 e. The number of rotatable bonds is 9. The highest BCUT2D eigenvalue weighted by Crippen LogP contribution is 2.27. The molecule has 0 bridgehead atoms. The number of hydrogen-bond donors (Lipinski definition) is 0. The van der Waals surface area contributed by atoms with Crippen molar-refractivity contribution in [1.82, 2.24) is 9.80 Å². The van der Waals surface area contributed by atoms with Crippen LogP contribution in [-0.2, 0) is 12.8 Å². The Balaban J connectivity index is 1.37. The standard InChI is InChI=1S/C23H31IN2O2/c1-27-22-10-9-19(18-23(22)28-2)11-13-26-16-14-25(15-17-26)12-5-7-20-6-3-4-8-21(20)24/h3-4,6,8-10,18H,5,7,11-17H2,1-2H3/i24-2. The number of methoxy groups -OCH3 is 2. The van der Waals surface area contributed by atoms with Gasteiger partial charge in [0.15, 0.2) is 11.5 Å². The molecular formula is C23H31IN2O2. The van der Waals surface area contributed by atoms with Crippen molar-refractivity contribution in [2.45, 2.75) is 19.3 Å². The normalized spacial score (nSPS) is 15.5. The molecule has 28 heavy (non-hydrogen) atoms. The zero-order valence-electron chi connectivity index (χ0n) is 17.0. The van der Waals surface area contributed by atoms with Crippen LogP contribution in [0.5, 0.6) is 11.5 Å². The fourth-order valence-electron chi connectivity index (χ4n) is 3.75. The van der Waals surface area contributed by atoms with Gasteiger partial charge in [0.25, 0.3) is 0 Å². The maximum Gasteiger partial charge on any atom is 0.160 e. The SMILES string of the molecule is COc1ccc(CCN2CCN(CCCc3ccccc3[125I])CC2)cc1OC. The molecule has 1 aliphatic heterocycles. The molecule has 0 radical (unpaired) electrons. The smallest absolute Gasteiger partial charge is 0.160 e. The maximum absolute atomic E-state index is 5.41. The van der Waals surface area contributed by atoms with E-state index >= 15 is 0 Å². The van der Waals surface area contributed by atoms with E-state index < -0.39 is 0 Å². The van der Waals surface area contributed by atoms with Crippen LogP contribution in [0, 0.1) is 3.57 Å². The first kappa shape index (κ1) is 21.4. The van der Waals surface area contributed by atoms with E-state index in [0.29, 0.717) is 0 Å². The van der Waals surface area contributed by atoms with E-state index in [-0.39, 0.29) is 0 Å². The Labute approximate surface area is 183 Å². The first-order valence-electron chi connectivity index (χ1n) is 10.1. The van der Waals surface area contributed by atoms with Crippen molar-refractivity contribution in [3.8, 4) is 11.5 Å². The lowest BCUT2D eigenvalue weighted by Gasteiger charge is -2.34. The van der Waals surface area contributed by atoms with Crippen molar-refractivity contribution >= 4 is 22.6 Å². The molecule has 152 valence electrons. The van der Waals surface area contributed by atoms with Crippen molar-refractivity contribution in [2.75, 3.05) is 53.5 Å². The number of aryl methyl sites for hydroxylation is 1. The predicted octanol–water partition coefficient (Wildman–Crippen LogP) is 4.10. The van der Waals surface area contributed by atoms with Gasteiger partial charge in [-0.2, -0.15) is 0 Å². The minimum absolute atomic E-state index is 0.796. The number of hydrogen-bond acceptors (Lipinski definition) is 4. The van der Waals surface area contributed by atoms with Gasteiger partial charge in [-0.25, -0.2) is 0 Å². The number of piperazine rings is 1. The molecule has 0 aromatic heterocycles. The zero-order valence-corrected chi connectivity index (χ0v) is 19.2. The zero-order chi connectivity index (χ0) is 19.8. The molecule has 1 fully saturated rings. The second-order valence-corrected chi connectivity index (χ2v) is 8.48. The van der Waals surface area contributed by atoms with Crippen LogP contribution in [-0.4, -0.2) is 63.3 Å². The molecule has 0 aliphatic carbocycles. The Morgan fingerprint density at radius 1 is 0.821 bits per heavy atom. The summed E-state index contributed by atoms with van der Waals surface area (Å²) in [6, 6.07) is 15.0. The fourth-order valence-corrected chi connectivity index (χ4v) is 4.41. The van der Waals surface area contributed by atoms with Crippen LogP contribution >= 0.6 is 22.6 Å². The monoisotopic (exact) mass is 492 g/mol. The van der Waals surface area contributed by atoms with Crippen molar-refractivity contribution in [3.63, 3.8) is 0 Å². The quantitative estimate of drug-likeness (QED) is 0.493. The molecule has 0 atom stereocenters. The van der Waals surface area contributed by atoms with Crippen molar-refractivity contribution in [1.29, 1.82) is 0 Å². The molecule has 5 heteroatoms. The Kier molecular flexibility index (Phi) is 8.43. The second kappa shape index (κ2) is 11.0. The third kappa shape index (κ3) is 6.09. The van der Waals surface area contributed by atoms with Crippen LogP contribution in [0.15, 0.2) is 42.5 Å². The molecule has 3 rings (SSSR count). The highest BCUT2D eigenvalue weighted by atomic mass is 125. The summed E-state index contributed by atoms with van der Waals surface area (Å²) in [5, 5.41) is 0. The minimum atomic E-state index is 0.796. The Bertz CT molecular complexity index is 745. The van der Waals surface area contributed by atoms with E-state index in [2.05, 4.69) is 68.8 Å². The van der Waals surface area contributed by atoms with Gasteiger partial charge in [-0.1, -0.05) is 24.3 Å². The van der Waals surface area contributed by atoms with Crippen LogP contribution in [0.1, 0.15) is 17.5 Å². The summed E-state index contributed by atoms with van der Waals surface area (Å²) in [6.07, 6.45) is 3.47. The average molecular weight is 492 g/mol. The molecule has 0 N–H and O–H groups in total. The third-order valence-corrected chi connectivity index (χ3v) is 6.56. The maximum atomic E-state index is 5.41. The van der Waals surface area contributed by atoms with E-state index in [1.54, 1.807) is 14.2 Å². The van der Waals surface area contributed by atoms with Gasteiger partial charge < -0.3 is 19.3 Å². The van der Waals surface area contributed by atoms with Crippen LogP contribution in [0.4, 0.5) is 0 Å². The Hall–Kier alpha value is -1.31. The van der Waals surface area contributed by atoms with E-state index in [9.17, 15) is 0 Å². The van der Waals surface area contributed by atoms with Crippen LogP contribution in [0.2, 0.25) is 0 Å². The molecule has 4 nitrogen and oxygen atoms in total. The van der Waals surface area contributed by atoms with Crippen molar-refractivity contribution in [2.24, 2.45) is 0 Å². The van der Waals surface area contributed by atoms with Crippen LogP contribution in [0.3, 0.4) is 0 Å². The van der Waals surface area contributed by atoms with Gasteiger partial charge in [0.2, 0.25) is 0 Å².